The Kier molecular flexibility index (Phi) is 4.86. The molecule has 0 saturated carbocycles. The molecule has 0 aromatic rings. The highest BCUT2D eigenvalue weighted by atomic mass is 16.4. The van der Waals surface area contributed by atoms with Crippen molar-refractivity contribution in [2.24, 2.45) is 11.8 Å². The van der Waals surface area contributed by atoms with Gasteiger partial charge in [0.15, 0.2) is 0 Å². The van der Waals surface area contributed by atoms with E-state index in [0.717, 1.165) is 0 Å². The third kappa shape index (κ3) is 4.79. The van der Waals surface area contributed by atoms with Gasteiger partial charge in [0.05, 0.1) is 5.92 Å². The Labute approximate surface area is 67.0 Å². The maximum absolute atomic E-state index is 10.5. The van der Waals surface area contributed by atoms with Gasteiger partial charge in [-0.05, 0) is 18.8 Å². The number of aliphatic hydroxyl groups excluding tert-OH is 1. The third-order valence-corrected chi connectivity index (χ3v) is 1.58. The number of hydrogen-bond acceptors (Lipinski definition) is 2. The van der Waals surface area contributed by atoms with Crippen LogP contribution in [0.1, 0.15) is 26.7 Å². The Morgan fingerprint density at radius 3 is 2.27 bits per heavy atom. The lowest BCUT2D eigenvalue weighted by atomic mass is 9.95. The van der Waals surface area contributed by atoms with Crippen molar-refractivity contribution in [1.82, 2.24) is 0 Å². The maximum Gasteiger partial charge on any atom is 0.306 e. The van der Waals surface area contributed by atoms with Crippen LogP contribution in [0.25, 0.3) is 0 Å². The molecule has 0 aromatic carbocycles. The van der Waals surface area contributed by atoms with Crippen molar-refractivity contribution in [1.29, 1.82) is 0 Å². The molecule has 0 heterocycles. The van der Waals surface area contributed by atoms with E-state index in [1.165, 1.54) is 0 Å². The van der Waals surface area contributed by atoms with Gasteiger partial charge in [-0.1, -0.05) is 13.8 Å². The fourth-order valence-electron chi connectivity index (χ4n) is 1.07. The van der Waals surface area contributed by atoms with Crippen LogP contribution in [-0.4, -0.2) is 22.8 Å². The minimum absolute atomic E-state index is 0.0380. The maximum atomic E-state index is 10.5. The van der Waals surface area contributed by atoms with Crippen LogP contribution >= 0.6 is 0 Å². The molecule has 0 spiro atoms. The van der Waals surface area contributed by atoms with Crippen molar-refractivity contribution in [3.05, 3.63) is 0 Å². The Morgan fingerprint density at radius 2 is 2.00 bits per heavy atom. The highest BCUT2D eigenvalue weighted by Gasteiger charge is 2.17. The molecule has 0 aliphatic heterocycles. The number of carboxylic acid groups (broad SMARTS) is 1. The summed E-state index contributed by atoms with van der Waals surface area (Å²) < 4.78 is 0. The molecule has 0 aliphatic rings. The van der Waals surface area contributed by atoms with Crippen LogP contribution in [0.3, 0.4) is 0 Å². The predicted octanol–water partition coefficient (Wildman–Crippen LogP) is 1.12. The van der Waals surface area contributed by atoms with Crippen molar-refractivity contribution >= 4 is 5.97 Å². The number of aliphatic hydroxyl groups is 1. The monoisotopic (exact) mass is 160 g/mol. The number of carbonyl (C=O) groups is 1. The Hall–Kier alpha value is -0.570. The van der Waals surface area contributed by atoms with E-state index in [1.54, 1.807) is 0 Å². The highest BCUT2D eigenvalue weighted by Crippen LogP contribution is 2.14. The predicted molar refractivity (Wildman–Crippen MR) is 42.3 cm³/mol. The van der Waals surface area contributed by atoms with E-state index in [4.69, 9.17) is 10.2 Å². The summed E-state index contributed by atoms with van der Waals surface area (Å²) in [5, 5.41) is 17.2. The lowest BCUT2D eigenvalue weighted by Gasteiger charge is -2.12. The fraction of sp³-hybridized carbons (Fsp3) is 0.875. The van der Waals surface area contributed by atoms with Crippen LogP contribution in [0.2, 0.25) is 0 Å². The molecule has 11 heavy (non-hydrogen) atoms. The first-order valence-corrected chi connectivity index (χ1v) is 3.91. The van der Waals surface area contributed by atoms with E-state index in [-0.39, 0.29) is 12.5 Å². The van der Waals surface area contributed by atoms with Crippen molar-refractivity contribution < 1.29 is 15.0 Å². The number of aliphatic carboxylic acids is 1. The van der Waals surface area contributed by atoms with Crippen LogP contribution in [0.15, 0.2) is 0 Å². The van der Waals surface area contributed by atoms with E-state index in [1.807, 2.05) is 13.8 Å². The molecule has 1 atom stereocenters. The Balaban J connectivity index is 3.79. The largest absolute Gasteiger partial charge is 0.481 e. The van der Waals surface area contributed by atoms with Crippen LogP contribution in [-0.2, 0) is 4.79 Å². The average Bonchev–Trinajstić information content (AvgIpc) is 1.86. The molecular formula is C8H16O3. The van der Waals surface area contributed by atoms with Gasteiger partial charge < -0.3 is 10.2 Å². The molecule has 3 nitrogen and oxygen atoms in total. The van der Waals surface area contributed by atoms with Crippen LogP contribution in [0.5, 0.6) is 0 Å². The second-order valence-electron chi connectivity index (χ2n) is 3.18. The first-order chi connectivity index (χ1) is 5.07. The minimum atomic E-state index is -0.798. The summed E-state index contributed by atoms with van der Waals surface area (Å²) in [6.07, 6.45) is 1.02. The summed E-state index contributed by atoms with van der Waals surface area (Å²) in [4.78, 5) is 10.5. The van der Waals surface area contributed by atoms with E-state index in [0.29, 0.717) is 18.8 Å². The Bertz CT molecular complexity index is 121. The third-order valence-electron chi connectivity index (χ3n) is 1.58. The fourth-order valence-corrected chi connectivity index (χ4v) is 1.07. The van der Waals surface area contributed by atoms with Gasteiger partial charge in [0, 0.05) is 6.61 Å². The number of rotatable bonds is 5. The van der Waals surface area contributed by atoms with Gasteiger partial charge >= 0.3 is 5.97 Å². The summed E-state index contributed by atoms with van der Waals surface area (Å²) in [5.41, 5.74) is 0. The molecule has 0 radical (unpaired) electrons. The zero-order valence-electron chi connectivity index (χ0n) is 7.08. The summed E-state index contributed by atoms with van der Waals surface area (Å²) in [7, 11) is 0. The summed E-state index contributed by atoms with van der Waals surface area (Å²) in [6, 6.07) is 0. The molecular weight excluding hydrogens is 144 g/mol. The SMILES string of the molecule is CC(C)CC(CCO)C(=O)O. The topological polar surface area (TPSA) is 57.5 Å². The standard InChI is InChI=1S/C8H16O3/c1-6(2)5-7(3-4-9)8(10)11/h6-7,9H,3-5H2,1-2H3,(H,10,11). The van der Waals surface area contributed by atoms with Gasteiger partial charge in [-0.25, -0.2) is 0 Å². The van der Waals surface area contributed by atoms with Gasteiger partial charge in [0.2, 0.25) is 0 Å². The van der Waals surface area contributed by atoms with Crippen LogP contribution in [0.4, 0.5) is 0 Å². The van der Waals surface area contributed by atoms with Crippen molar-refractivity contribution in [2.45, 2.75) is 26.7 Å². The Morgan fingerprint density at radius 1 is 1.45 bits per heavy atom. The molecule has 0 aromatic heterocycles. The summed E-state index contributed by atoms with van der Waals surface area (Å²) >= 11 is 0. The zero-order valence-corrected chi connectivity index (χ0v) is 7.08. The van der Waals surface area contributed by atoms with Gasteiger partial charge in [-0.3, -0.25) is 4.79 Å². The normalized spacial score (nSPS) is 13.5. The second-order valence-corrected chi connectivity index (χ2v) is 3.18. The molecule has 0 rings (SSSR count). The molecule has 0 aliphatic carbocycles. The van der Waals surface area contributed by atoms with Gasteiger partial charge in [-0.15, -0.1) is 0 Å². The van der Waals surface area contributed by atoms with Gasteiger partial charge in [0.25, 0.3) is 0 Å². The van der Waals surface area contributed by atoms with E-state index in [2.05, 4.69) is 0 Å². The average molecular weight is 160 g/mol. The van der Waals surface area contributed by atoms with E-state index < -0.39 is 5.97 Å². The summed E-state index contributed by atoms with van der Waals surface area (Å²) in [5.74, 6) is -0.796. The molecule has 0 saturated heterocycles. The molecule has 66 valence electrons. The quantitative estimate of drug-likeness (QED) is 0.633. The first kappa shape index (κ1) is 10.4. The van der Waals surface area contributed by atoms with Gasteiger partial charge in [-0.2, -0.15) is 0 Å². The first-order valence-electron chi connectivity index (χ1n) is 3.91. The van der Waals surface area contributed by atoms with E-state index >= 15 is 0 Å². The van der Waals surface area contributed by atoms with Crippen molar-refractivity contribution in [3.8, 4) is 0 Å². The minimum Gasteiger partial charge on any atom is -0.481 e. The zero-order chi connectivity index (χ0) is 8.85. The van der Waals surface area contributed by atoms with Crippen molar-refractivity contribution in [2.75, 3.05) is 6.61 Å². The molecule has 0 amide bonds. The van der Waals surface area contributed by atoms with Crippen LogP contribution in [0, 0.1) is 11.8 Å². The summed E-state index contributed by atoms with van der Waals surface area (Å²) in [6.45, 7) is 3.92. The highest BCUT2D eigenvalue weighted by molar-refractivity contribution is 5.69. The molecule has 0 fully saturated rings. The molecule has 1 unspecified atom stereocenters. The van der Waals surface area contributed by atoms with E-state index in [9.17, 15) is 4.79 Å². The molecule has 0 bridgehead atoms. The molecule has 3 heteroatoms. The lowest BCUT2D eigenvalue weighted by molar-refractivity contribution is -0.142. The smallest absolute Gasteiger partial charge is 0.306 e. The number of hydrogen-bond donors (Lipinski definition) is 2. The van der Waals surface area contributed by atoms with Crippen LogP contribution < -0.4 is 0 Å². The second kappa shape index (κ2) is 5.13. The van der Waals surface area contributed by atoms with Crippen molar-refractivity contribution in [3.63, 3.8) is 0 Å². The van der Waals surface area contributed by atoms with Gasteiger partial charge in [0.1, 0.15) is 0 Å². The number of carboxylic acids is 1. The molecule has 2 N–H and O–H groups in total. The lowest BCUT2D eigenvalue weighted by Crippen LogP contribution is -2.17.